The molecule has 2 aliphatic rings. The Hall–Kier alpha value is -4.40. The molecule has 2 N–H and O–H groups in total. The van der Waals surface area contributed by atoms with Gasteiger partial charge in [-0.05, 0) is 116 Å². The van der Waals surface area contributed by atoms with Gasteiger partial charge in [0.2, 0.25) is 0 Å². The first kappa shape index (κ1) is 26.5. The summed E-state index contributed by atoms with van der Waals surface area (Å²) in [7, 11) is 3.35. The van der Waals surface area contributed by atoms with Gasteiger partial charge in [0, 0.05) is 22.2 Å². The molecular formula is C34H24Br2N4O2. The number of aromatic amines is 2. The van der Waals surface area contributed by atoms with E-state index in [1.165, 1.54) is 0 Å². The smallest absolute Gasteiger partial charge is 0.119 e. The number of aromatic nitrogens is 4. The third-order valence-electron chi connectivity index (χ3n) is 7.34. The van der Waals surface area contributed by atoms with E-state index in [9.17, 15) is 0 Å². The molecule has 7 rings (SSSR count). The molecule has 3 aromatic heterocycles. The predicted molar refractivity (Wildman–Crippen MR) is 178 cm³/mol. The molecule has 5 aromatic rings. The molecule has 0 fully saturated rings. The second-order valence-corrected chi connectivity index (χ2v) is 11.4. The van der Waals surface area contributed by atoms with Gasteiger partial charge in [-0.3, -0.25) is 0 Å². The summed E-state index contributed by atoms with van der Waals surface area (Å²) in [5, 5.41) is 0. The third-order valence-corrected chi connectivity index (χ3v) is 9.01. The molecule has 206 valence electrons. The van der Waals surface area contributed by atoms with E-state index in [0.29, 0.717) is 0 Å². The highest BCUT2D eigenvalue weighted by molar-refractivity contribution is 9.11. The van der Waals surface area contributed by atoms with Crippen LogP contribution in [0.1, 0.15) is 22.8 Å². The van der Waals surface area contributed by atoms with E-state index in [1.54, 1.807) is 14.2 Å². The predicted octanol–water partition coefficient (Wildman–Crippen LogP) is 9.53. The number of H-pyrrole nitrogens is 2. The van der Waals surface area contributed by atoms with Crippen LogP contribution in [0.25, 0.3) is 68.6 Å². The van der Waals surface area contributed by atoms with Crippen LogP contribution < -0.4 is 9.47 Å². The van der Waals surface area contributed by atoms with Gasteiger partial charge in [-0.15, -0.1) is 0 Å². The van der Waals surface area contributed by atoms with Gasteiger partial charge in [-0.2, -0.15) is 0 Å². The highest BCUT2D eigenvalue weighted by Crippen LogP contribution is 2.37. The van der Waals surface area contributed by atoms with Gasteiger partial charge in [0.15, 0.2) is 0 Å². The van der Waals surface area contributed by atoms with Crippen LogP contribution in [0.15, 0.2) is 81.7 Å². The van der Waals surface area contributed by atoms with Crippen molar-refractivity contribution in [3.8, 4) is 33.8 Å². The monoisotopic (exact) mass is 678 g/mol. The van der Waals surface area contributed by atoms with Gasteiger partial charge in [-0.1, -0.05) is 24.3 Å². The number of hydrogen-bond donors (Lipinski definition) is 2. The number of benzene rings is 2. The van der Waals surface area contributed by atoms with Crippen molar-refractivity contribution in [3.63, 3.8) is 0 Å². The Kier molecular flexibility index (Phi) is 6.80. The minimum atomic E-state index is 0.770. The fraction of sp³-hybridized carbons (Fsp3) is 0.0588. The number of ether oxygens (including phenoxy) is 2. The molecule has 42 heavy (non-hydrogen) atoms. The Morgan fingerprint density at radius 1 is 0.524 bits per heavy atom. The Morgan fingerprint density at radius 3 is 1.43 bits per heavy atom. The number of methoxy groups -OCH3 is 2. The van der Waals surface area contributed by atoms with Gasteiger partial charge < -0.3 is 19.4 Å². The number of hydrogen-bond acceptors (Lipinski definition) is 4. The minimum absolute atomic E-state index is 0.770. The molecule has 5 heterocycles. The Labute approximate surface area is 259 Å². The van der Waals surface area contributed by atoms with Crippen molar-refractivity contribution >= 4 is 78.2 Å². The van der Waals surface area contributed by atoms with Crippen molar-refractivity contribution in [1.29, 1.82) is 0 Å². The lowest BCUT2D eigenvalue weighted by Gasteiger charge is -2.07. The Bertz CT molecular complexity index is 2010. The van der Waals surface area contributed by atoms with Crippen LogP contribution >= 0.6 is 31.9 Å². The average Bonchev–Trinajstić information content (AvgIpc) is 3.85. The zero-order valence-corrected chi connectivity index (χ0v) is 25.9. The maximum Gasteiger partial charge on any atom is 0.119 e. The summed E-state index contributed by atoms with van der Waals surface area (Å²) in [6.07, 6.45) is 8.11. The van der Waals surface area contributed by atoms with Crippen molar-refractivity contribution < 1.29 is 9.47 Å². The zero-order valence-electron chi connectivity index (χ0n) is 22.7. The minimum Gasteiger partial charge on any atom is -0.497 e. The van der Waals surface area contributed by atoms with E-state index in [-0.39, 0.29) is 0 Å². The van der Waals surface area contributed by atoms with E-state index in [4.69, 9.17) is 19.4 Å². The lowest BCUT2D eigenvalue weighted by molar-refractivity contribution is 0.415. The molecule has 0 saturated heterocycles. The van der Waals surface area contributed by atoms with Gasteiger partial charge in [0.05, 0.1) is 57.0 Å². The molecule has 0 aliphatic carbocycles. The largest absolute Gasteiger partial charge is 0.497 e. The standard InChI is InChI=1S/C34H24Br2N4O2/c1-41-21-7-3-5-19(17-21)31-23-9-13-27(37-23)33(35)29-15-11-25(39-29)32(20-6-4-8-22(18-20)42-2)26-12-16-30(40-26)34(36)28-14-10-24(31)38-28/h3-18,37-38H,1-2H3. The first-order valence-electron chi connectivity index (χ1n) is 13.3. The van der Waals surface area contributed by atoms with E-state index in [2.05, 4.69) is 78.2 Å². The summed E-state index contributed by atoms with van der Waals surface area (Å²) in [5.41, 5.74) is 10.9. The first-order valence-corrected chi connectivity index (χ1v) is 14.9. The number of nitrogens with one attached hydrogen (secondary N) is 2. The van der Waals surface area contributed by atoms with E-state index in [0.717, 1.165) is 87.5 Å². The van der Waals surface area contributed by atoms with Gasteiger partial charge >= 0.3 is 0 Å². The highest BCUT2D eigenvalue weighted by atomic mass is 79.9. The number of rotatable bonds is 4. The van der Waals surface area contributed by atoms with Crippen LogP contribution in [0, 0.1) is 0 Å². The van der Waals surface area contributed by atoms with Crippen LogP contribution in [0.3, 0.4) is 0 Å². The van der Waals surface area contributed by atoms with Crippen molar-refractivity contribution in [2.75, 3.05) is 14.2 Å². The molecule has 0 atom stereocenters. The summed E-state index contributed by atoms with van der Waals surface area (Å²) in [5.74, 6) is 1.56. The number of halogens is 2. The van der Waals surface area contributed by atoms with Crippen molar-refractivity contribution in [2.24, 2.45) is 0 Å². The topological polar surface area (TPSA) is 75.8 Å². The molecule has 0 unspecified atom stereocenters. The first-order chi connectivity index (χ1) is 20.5. The fourth-order valence-electron chi connectivity index (χ4n) is 5.30. The zero-order chi connectivity index (χ0) is 28.8. The van der Waals surface area contributed by atoms with Gasteiger partial charge in [-0.25, -0.2) is 9.97 Å². The highest BCUT2D eigenvalue weighted by Gasteiger charge is 2.17. The molecule has 8 bridgehead atoms. The quantitative estimate of drug-likeness (QED) is 0.194. The number of fused-ring (bicyclic) bond motifs is 8. The summed E-state index contributed by atoms with van der Waals surface area (Å²) in [6.45, 7) is 0. The molecular weight excluding hydrogens is 656 g/mol. The normalized spacial score (nSPS) is 12.1. The van der Waals surface area contributed by atoms with Crippen LogP contribution in [-0.4, -0.2) is 34.2 Å². The molecule has 0 spiro atoms. The summed E-state index contributed by atoms with van der Waals surface area (Å²) in [4.78, 5) is 17.4. The summed E-state index contributed by atoms with van der Waals surface area (Å²) in [6, 6.07) is 24.4. The molecule has 2 aromatic carbocycles. The third kappa shape index (κ3) is 4.66. The van der Waals surface area contributed by atoms with Crippen LogP contribution in [0.2, 0.25) is 0 Å². The van der Waals surface area contributed by atoms with Gasteiger partial charge in [0.25, 0.3) is 0 Å². The lowest BCUT2D eigenvalue weighted by atomic mass is 10.0. The lowest BCUT2D eigenvalue weighted by Crippen LogP contribution is -1.91. The molecule has 0 saturated carbocycles. The summed E-state index contributed by atoms with van der Waals surface area (Å²) < 4.78 is 12.8. The Balaban J connectivity index is 1.60. The van der Waals surface area contributed by atoms with Crippen LogP contribution in [-0.2, 0) is 0 Å². The van der Waals surface area contributed by atoms with Crippen molar-refractivity contribution in [1.82, 2.24) is 19.9 Å². The van der Waals surface area contributed by atoms with E-state index >= 15 is 0 Å². The Morgan fingerprint density at radius 2 is 0.952 bits per heavy atom. The molecule has 2 aliphatic heterocycles. The van der Waals surface area contributed by atoms with E-state index < -0.39 is 0 Å². The maximum absolute atomic E-state index is 5.55. The summed E-state index contributed by atoms with van der Waals surface area (Å²) >= 11 is 7.67. The fourth-order valence-corrected chi connectivity index (χ4v) is 6.21. The molecule has 0 amide bonds. The van der Waals surface area contributed by atoms with Crippen LogP contribution in [0.4, 0.5) is 0 Å². The van der Waals surface area contributed by atoms with Gasteiger partial charge in [0.1, 0.15) is 11.5 Å². The second kappa shape index (κ2) is 10.8. The second-order valence-electron chi connectivity index (χ2n) is 9.84. The van der Waals surface area contributed by atoms with Crippen LogP contribution in [0.5, 0.6) is 11.5 Å². The van der Waals surface area contributed by atoms with E-state index in [1.807, 2.05) is 60.7 Å². The maximum atomic E-state index is 5.55. The van der Waals surface area contributed by atoms with Crippen molar-refractivity contribution in [3.05, 3.63) is 105 Å². The van der Waals surface area contributed by atoms with Crippen molar-refractivity contribution in [2.45, 2.75) is 0 Å². The molecule has 8 heteroatoms. The molecule has 0 radical (unpaired) electrons. The number of nitrogens with zero attached hydrogens (tertiary/aromatic N) is 2. The average molecular weight is 680 g/mol. The molecule has 6 nitrogen and oxygen atoms in total. The SMILES string of the molecule is COc1cccc(-c2c3nc(c(Br)c4ccc([nH]4)c(-c4cccc(OC)c4)c4ccc([nH]4)c(Br)c4nc2C=C4)C=C3)c1.